The quantitative estimate of drug-likeness (QED) is 0.352. The Hall–Kier alpha value is -0.890. The summed E-state index contributed by atoms with van der Waals surface area (Å²) in [5, 5.41) is 20.8. The molecule has 0 aromatic carbocycles. The molecular formula is C7H18N4O3. The lowest BCUT2D eigenvalue weighted by Gasteiger charge is -2.12. The summed E-state index contributed by atoms with van der Waals surface area (Å²) in [5.41, 5.74) is 7.30. The Morgan fingerprint density at radius 2 is 2.36 bits per heavy atom. The highest BCUT2D eigenvalue weighted by Crippen LogP contribution is 1.84. The molecule has 0 bridgehead atoms. The minimum atomic E-state index is -0.560. The molecule has 1 saturated heterocycles. The summed E-state index contributed by atoms with van der Waals surface area (Å²) in [7, 11) is 0. The van der Waals surface area contributed by atoms with Crippen molar-refractivity contribution in [2.75, 3.05) is 26.4 Å². The summed E-state index contributed by atoms with van der Waals surface area (Å²) in [4.78, 5) is 10.2. The van der Waals surface area contributed by atoms with Gasteiger partial charge >= 0.3 is 6.03 Å². The highest BCUT2D eigenvalue weighted by atomic mass is 16.3. The van der Waals surface area contributed by atoms with E-state index in [1.54, 1.807) is 5.01 Å². The fourth-order valence-corrected chi connectivity index (χ4v) is 0.758. The van der Waals surface area contributed by atoms with Crippen LogP contribution in [0.4, 0.5) is 4.79 Å². The molecule has 7 heteroatoms. The van der Waals surface area contributed by atoms with Gasteiger partial charge in [-0.25, -0.2) is 9.80 Å². The molecule has 0 radical (unpaired) electrons. The van der Waals surface area contributed by atoms with Crippen LogP contribution in [0.1, 0.15) is 6.92 Å². The Labute approximate surface area is 82.8 Å². The summed E-state index contributed by atoms with van der Waals surface area (Å²) in [5.74, 6) is 0. The van der Waals surface area contributed by atoms with Gasteiger partial charge in [-0.3, -0.25) is 5.43 Å². The Morgan fingerprint density at radius 3 is 2.64 bits per heavy atom. The van der Waals surface area contributed by atoms with Crippen LogP contribution in [0.2, 0.25) is 0 Å². The first kappa shape index (κ1) is 13.1. The van der Waals surface area contributed by atoms with Gasteiger partial charge in [-0.15, -0.1) is 0 Å². The topological polar surface area (TPSA) is 111 Å². The van der Waals surface area contributed by atoms with E-state index in [1.165, 1.54) is 6.92 Å². The molecule has 1 unspecified atom stereocenters. The van der Waals surface area contributed by atoms with E-state index in [2.05, 4.69) is 10.7 Å². The molecule has 7 nitrogen and oxygen atoms in total. The lowest BCUT2D eigenvalue weighted by molar-refractivity contribution is 0.110. The number of hydrogen-bond acceptors (Lipinski definition) is 5. The van der Waals surface area contributed by atoms with E-state index in [9.17, 15) is 4.79 Å². The van der Waals surface area contributed by atoms with Crippen molar-refractivity contribution < 1.29 is 15.0 Å². The average molecular weight is 206 g/mol. The number of hydrazine groups is 1. The number of aliphatic hydroxyl groups excluding tert-OH is 2. The van der Waals surface area contributed by atoms with Crippen LogP contribution in [-0.4, -0.2) is 53.7 Å². The van der Waals surface area contributed by atoms with Crippen LogP contribution in [0.25, 0.3) is 0 Å². The first-order chi connectivity index (χ1) is 6.56. The van der Waals surface area contributed by atoms with Crippen LogP contribution in [0, 0.1) is 0 Å². The van der Waals surface area contributed by atoms with E-state index < -0.39 is 12.1 Å². The molecule has 1 fully saturated rings. The average Bonchev–Trinajstić information content (AvgIpc) is 2.57. The van der Waals surface area contributed by atoms with Crippen LogP contribution < -0.4 is 16.5 Å². The third kappa shape index (κ3) is 7.74. The SMILES string of the molecule is CC(O)CO.NC(=O)NN1CCNC1. The number of carbonyl (C=O) groups is 1. The van der Waals surface area contributed by atoms with Gasteiger partial charge in [0.15, 0.2) is 0 Å². The first-order valence-electron chi connectivity index (χ1n) is 4.37. The van der Waals surface area contributed by atoms with Crippen molar-refractivity contribution in [3.63, 3.8) is 0 Å². The zero-order chi connectivity index (χ0) is 11.0. The van der Waals surface area contributed by atoms with Crippen LogP contribution in [-0.2, 0) is 0 Å². The van der Waals surface area contributed by atoms with Crippen LogP contribution in [0.15, 0.2) is 0 Å². The fraction of sp³-hybridized carbons (Fsp3) is 0.857. The molecule has 0 spiro atoms. The number of aliphatic hydroxyl groups is 2. The first-order valence-corrected chi connectivity index (χ1v) is 4.37. The zero-order valence-electron chi connectivity index (χ0n) is 8.23. The Kier molecular flexibility index (Phi) is 7.03. The van der Waals surface area contributed by atoms with Gasteiger partial charge in [-0.05, 0) is 6.92 Å². The molecule has 14 heavy (non-hydrogen) atoms. The lowest BCUT2D eigenvalue weighted by Crippen LogP contribution is -2.44. The van der Waals surface area contributed by atoms with Crippen molar-refractivity contribution in [1.82, 2.24) is 15.8 Å². The highest BCUT2D eigenvalue weighted by Gasteiger charge is 2.10. The molecule has 0 aromatic rings. The second kappa shape index (κ2) is 7.51. The van der Waals surface area contributed by atoms with E-state index in [1.807, 2.05) is 0 Å². The van der Waals surface area contributed by atoms with Crippen molar-refractivity contribution in [3.05, 3.63) is 0 Å². The van der Waals surface area contributed by atoms with E-state index in [4.69, 9.17) is 15.9 Å². The van der Waals surface area contributed by atoms with E-state index >= 15 is 0 Å². The molecule has 0 saturated carbocycles. The third-order valence-electron chi connectivity index (χ3n) is 1.39. The largest absolute Gasteiger partial charge is 0.394 e. The number of nitrogens with zero attached hydrogens (tertiary/aromatic N) is 1. The maximum Gasteiger partial charge on any atom is 0.326 e. The maximum atomic E-state index is 10.2. The molecule has 1 atom stereocenters. The monoisotopic (exact) mass is 206 g/mol. The maximum absolute atomic E-state index is 10.2. The predicted molar refractivity (Wildman–Crippen MR) is 51.1 cm³/mol. The van der Waals surface area contributed by atoms with E-state index in [0.29, 0.717) is 6.67 Å². The third-order valence-corrected chi connectivity index (χ3v) is 1.39. The molecule has 1 aliphatic heterocycles. The van der Waals surface area contributed by atoms with Gasteiger partial charge in [0, 0.05) is 13.1 Å². The summed E-state index contributed by atoms with van der Waals surface area (Å²) >= 11 is 0. The van der Waals surface area contributed by atoms with Gasteiger partial charge in [0.05, 0.1) is 19.4 Å². The fourth-order valence-electron chi connectivity index (χ4n) is 0.758. The predicted octanol–water partition coefficient (Wildman–Crippen LogP) is -2.21. The molecule has 1 aliphatic rings. The molecule has 2 amide bonds. The van der Waals surface area contributed by atoms with Crippen molar-refractivity contribution in [2.24, 2.45) is 5.73 Å². The normalized spacial score (nSPS) is 18.2. The number of urea groups is 1. The summed E-state index contributed by atoms with van der Waals surface area (Å²) < 4.78 is 0. The number of nitrogens with two attached hydrogens (primary N) is 1. The van der Waals surface area contributed by atoms with Crippen LogP contribution in [0.3, 0.4) is 0 Å². The van der Waals surface area contributed by atoms with Gasteiger partial charge < -0.3 is 21.3 Å². The Morgan fingerprint density at radius 1 is 1.79 bits per heavy atom. The van der Waals surface area contributed by atoms with Gasteiger partial charge in [0.2, 0.25) is 0 Å². The molecule has 0 aromatic heterocycles. The number of nitrogens with one attached hydrogen (secondary N) is 2. The van der Waals surface area contributed by atoms with Gasteiger partial charge in [-0.1, -0.05) is 0 Å². The lowest BCUT2D eigenvalue weighted by atomic mass is 10.5. The van der Waals surface area contributed by atoms with Gasteiger partial charge in [0.1, 0.15) is 0 Å². The molecule has 1 rings (SSSR count). The zero-order valence-corrected chi connectivity index (χ0v) is 8.23. The molecular weight excluding hydrogens is 188 g/mol. The number of amides is 2. The molecule has 6 N–H and O–H groups in total. The molecule has 0 aliphatic carbocycles. The highest BCUT2D eigenvalue weighted by molar-refractivity contribution is 5.70. The van der Waals surface area contributed by atoms with E-state index in [0.717, 1.165) is 13.1 Å². The number of hydrogen-bond donors (Lipinski definition) is 5. The number of primary amides is 1. The van der Waals surface area contributed by atoms with Crippen LogP contribution in [0.5, 0.6) is 0 Å². The van der Waals surface area contributed by atoms with E-state index in [-0.39, 0.29) is 6.61 Å². The number of carbonyl (C=O) groups excluding carboxylic acids is 1. The number of rotatable bonds is 2. The summed E-state index contributed by atoms with van der Waals surface area (Å²) in [6, 6.07) is -0.501. The minimum Gasteiger partial charge on any atom is -0.394 e. The summed E-state index contributed by atoms with van der Waals surface area (Å²) in [6.07, 6.45) is -0.560. The Bertz CT molecular complexity index is 159. The summed E-state index contributed by atoms with van der Waals surface area (Å²) in [6.45, 7) is 3.80. The van der Waals surface area contributed by atoms with Gasteiger partial charge in [0.25, 0.3) is 0 Å². The standard InChI is InChI=1S/C4H10N4O.C3H8O2/c5-4(9)7-8-2-1-6-3-8;1-3(5)2-4/h6H,1-3H2,(H3,5,7,9);3-5H,2H2,1H3. The Balaban J connectivity index is 0.000000292. The van der Waals surface area contributed by atoms with Crippen molar-refractivity contribution >= 4 is 6.03 Å². The van der Waals surface area contributed by atoms with Crippen molar-refractivity contribution in [1.29, 1.82) is 0 Å². The van der Waals surface area contributed by atoms with Crippen molar-refractivity contribution in [3.8, 4) is 0 Å². The van der Waals surface area contributed by atoms with Crippen LogP contribution >= 0.6 is 0 Å². The molecule has 1 heterocycles. The molecule has 84 valence electrons. The smallest absolute Gasteiger partial charge is 0.326 e. The second-order valence-corrected chi connectivity index (χ2v) is 2.93. The van der Waals surface area contributed by atoms with Crippen molar-refractivity contribution in [2.45, 2.75) is 13.0 Å². The second-order valence-electron chi connectivity index (χ2n) is 2.93. The van der Waals surface area contributed by atoms with Gasteiger partial charge in [-0.2, -0.15) is 0 Å². The minimum absolute atomic E-state index is 0.139.